The number of ether oxygens (including phenoxy) is 4. The smallest absolute Gasteiger partial charge is 0.414 e. The Hall–Kier alpha value is -3.33. The van der Waals surface area contributed by atoms with Crippen LogP contribution < -0.4 is 19.7 Å². The molecule has 0 spiro atoms. The highest BCUT2D eigenvalue weighted by Gasteiger charge is 2.38. The Balaban J connectivity index is 2.08. The Morgan fingerprint density at radius 3 is 2.53 bits per heavy atom. The molecule has 1 aromatic heterocycles. The van der Waals surface area contributed by atoms with Crippen LogP contribution in [0.15, 0.2) is 36.7 Å². The molecule has 0 fully saturated rings. The maximum Gasteiger partial charge on any atom is 0.414 e. The molecule has 0 radical (unpaired) electrons. The Morgan fingerprint density at radius 2 is 1.94 bits per heavy atom. The van der Waals surface area contributed by atoms with Gasteiger partial charge in [-0.25, -0.2) is 9.59 Å². The topological polar surface area (TPSA) is 99.2 Å². The van der Waals surface area contributed by atoms with E-state index in [4.69, 9.17) is 18.9 Å². The van der Waals surface area contributed by atoms with Gasteiger partial charge in [0.05, 0.1) is 33.6 Å². The number of fused-ring (bicyclic) bond motifs is 1. The van der Waals surface area contributed by atoms with Gasteiger partial charge in [0.15, 0.2) is 11.5 Å². The fourth-order valence-corrected chi connectivity index (χ4v) is 3.98. The number of aromatic nitrogens is 1. The molecular weight excluding hydrogens is 414 g/mol. The van der Waals surface area contributed by atoms with Crippen LogP contribution in [0.2, 0.25) is 0 Å². The van der Waals surface area contributed by atoms with Gasteiger partial charge in [0.25, 0.3) is 0 Å². The maximum atomic E-state index is 12.8. The quantitative estimate of drug-likeness (QED) is 0.650. The number of hydrogen-bond donors (Lipinski definition) is 1. The van der Waals surface area contributed by atoms with Crippen molar-refractivity contribution in [2.45, 2.75) is 38.4 Å². The third-order valence-corrected chi connectivity index (χ3v) is 5.47. The second-order valence-corrected chi connectivity index (χ2v) is 7.38. The predicted octanol–water partition coefficient (Wildman–Crippen LogP) is 3.40. The maximum absolute atomic E-state index is 12.8. The fraction of sp³-hybridized carbons (Fsp3) is 0.435. The van der Waals surface area contributed by atoms with Crippen LogP contribution in [0.3, 0.4) is 0 Å². The molecule has 1 aliphatic rings. The summed E-state index contributed by atoms with van der Waals surface area (Å²) < 4.78 is 21.3. The van der Waals surface area contributed by atoms with Gasteiger partial charge in [0.1, 0.15) is 6.04 Å². The first-order valence-electron chi connectivity index (χ1n) is 10.4. The average molecular weight is 444 g/mol. The number of methoxy groups -OCH3 is 3. The van der Waals surface area contributed by atoms with Crippen molar-refractivity contribution in [2.24, 2.45) is 0 Å². The van der Waals surface area contributed by atoms with Gasteiger partial charge in [-0.1, -0.05) is 6.07 Å². The number of nitrogens with zero attached hydrogens (tertiary/aromatic N) is 2. The lowest BCUT2D eigenvalue weighted by atomic mass is 9.90. The van der Waals surface area contributed by atoms with E-state index in [1.807, 2.05) is 19.1 Å². The van der Waals surface area contributed by atoms with E-state index in [1.54, 1.807) is 43.5 Å². The van der Waals surface area contributed by atoms with E-state index in [9.17, 15) is 9.59 Å². The van der Waals surface area contributed by atoms with E-state index >= 15 is 0 Å². The van der Waals surface area contributed by atoms with Crippen LogP contribution >= 0.6 is 0 Å². The predicted molar refractivity (Wildman–Crippen MR) is 118 cm³/mol. The number of hydrogen-bond acceptors (Lipinski definition) is 8. The monoisotopic (exact) mass is 443 g/mol. The highest BCUT2D eigenvalue weighted by atomic mass is 16.6. The van der Waals surface area contributed by atoms with Crippen molar-refractivity contribution in [3.8, 4) is 11.5 Å². The summed E-state index contributed by atoms with van der Waals surface area (Å²) in [6, 6.07) is 5.93. The van der Waals surface area contributed by atoms with Crippen LogP contribution in [-0.2, 0) is 14.3 Å². The van der Waals surface area contributed by atoms with E-state index in [-0.39, 0.29) is 18.7 Å². The number of benzene rings is 1. The largest absolute Gasteiger partial charge is 0.493 e. The Kier molecular flexibility index (Phi) is 7.53. The molecule has 1 N–H and O–H groups in total. The lowest BCUT2D eigenvalue weighted by Gasteiger charge is -2.40. The van der Waals surface area contributed by atoms with Gasteiger partial charge in [0, 0.05) is 30.5 Å². The normalized spacial score (nSPS) is 18.3. The van der Waals surface area contributed by atoms with Gasteiger partial charge in [0.2, 0.25) is 0 Å². The summed E-state index contributed by atoms with van der Waals surface area (Å²) in [5.41, 5.74) is 2.10. The van der Waals surface area contributed by atoms with Crippen LogP contribution in [0, 0.1) is 0 Å². The Labute approximate surface area is 187 Å². The third kappa shape index (κ3) is 4.62. The number of esters is 1. The number of nitrogens with one attached hydrogen (secondary N) is 1. The standard InChI is InChI=1S/C23H29N3O6/c1-6-32-23(28)26-14(2)10-17(16-11-19(29-3)20(30-4)12-18(16)26)25-21(22(27)31-5)15-8-7-9-24-13-15/h7-9,11-14,17,21,25H,6,10H2,1-5H3/t14-,17+,21?/m1/s1. The molecule has 1 unspecified atom stereocenters. The van der Waals surface area contributed by atoms with Gasteiger partial charge < -0.3 is 18.9 Å². The number of pyridine rings is 1. The summed E-state index contributed by atoms with van der Waals surface area (Å²) in [5, 5.41) is 3.40. The van der Waals surface area contributed by atoms with Crippen molar-refractivity contribution in [2.75, 3.05) is 32.8 Å². The summed E-state index contributed by atoms with van der Waals surface area (Å²) in [6.45, 7) is 3.96. The molecule has 172 valence electrons. The van der Waals surface area contributed by atoms with Crippen molar-refractivity contribution in [1.82, 2.24) is 10.3 Å². The first-order chi connectivity index (χ1) is 15.4. The number of anilines is 1. The van der Waals surface area contributed by atoms with Gasteiger partial charge in [-0.05, 0) is 43.5 Å². The molecule has 3 atom stereocenters. The Morgan fingerprint density at radius 1 is 1.22 bits per heavy atom. The second kappa shape index (κ2) is 10.3. The molecule has 2 heterocycles. The molecule has 3 rings (SSSR count). The third-order valence-electron chi connectivity index (χ3n) is 5.47. The summed E-state index contributed by atoms with van der Waals surface area (Å²) in [7, 11) is 4.44. The number of rotatable bonds is 7. The van der Waals surface area contributed by atoms with Crippen LogP contribution in [0.1, 0.15) is 43.5 Å². The van der Waals surface area contributed by atoms with Crippen molar-refractivity contribution in [3.63, 3.8) is 0 Å². The van der Waals surface area contributed by atoms with Crippen molar-refractivity contribution < 1.29 is 28.5 Å². The highest BCUT2D eigenvalue weighted by molar-refractivity contribution is 5.91. The Bertz CT molecular complexity index is 952. The van der Waals surface area contributed by atoms with E-state index in [0.717, 1.165) is 5.56 Å². The van der Waals surface area contributed by atoms with E-state index in [0.29, 0.717) is 29.2 Å². The van der Waals surface area contributed by atoms with Crippen molar-refractivity contribution in [1.29, 1.82) is 0 Å². The van der Waals surface area contributed by atoms with Gasteiger partial charge in [-0.3, -0.25) is 15.2 Å². The van der Waals surface area contributed by atoms with Crippen LogP contribution in [0.4, 0.5) is 10.5 Å². The molecule has 0 bridgehead atoms. The minimum absolute atomic E-state index is 0.204. The molecule has 1 aliphatic heterocycles. The van der Waals surface area contributed by atoms with Crippen LogP contribution in [0.25, 0.3) is 0 Å². The first kappa shape index (κ1) is 23.3. The second-order valence-electron chi connectivity index (χ2n) is 7.38. The minimum atomic E-state index is -0.735. The fourth-order valence-electron chi connectivity index (χ4n) is 3.98. The summed E-state index contributed by atoms with van der Waals surface area (Å²) >= 11 is 0. The molecule has 32 heavy (non-hydrogen) atoms. The molecule has 2 aromatic rings. The van der Waals surface area contributed by atoms with Crippen LogP contribution in [0.5, 0.6) is 11.5 Å². The molecule has 9 nitrogen and oxygen atoms in total. The zero-order valence-electron chi connectivity index (χ0n) is 19.0. The van der Waals surface area contributed by atoms with Crippen molar-refractivity contribution >= 4 is 17.7 Å². The summed E-state index contributed by atoms with van der Waals surface area (Å²) in [5.74, 6) is 0.582. The van der Waals surface area contributed by atoms with Gasteiger partial charge >= 0.3 is 12.1 Å². The SMILES string of the molecule is CCOC(=O)N1c2cc(OC)c(OC)cc2[C@@H](NC(C(=O)OC)c2cccnc2)C[C@H]1C. The minimum Gasteiger partial charge on any atom is -0.493 e. The van der Waals surface area contributed by atoms with Crippen molar-refractivity contribution in [3.05, 3.63) is 47.8 Å². The highest BCUT2D eigenvalue weighted by Crippen LogP contribution is 2.44. The van der Waals surface area contributed by atoms with E-state index < -0.39 is 18.1 Å². The lowest BCUT2D eigenvalue weighted by Crippen LogP contribution is -2.47. The number of carbonyl (C=O) groups excluding carboxylic acids is 2. The zero-order chi connectivity index (χ0) is 23.3. The molecule has 9 heteroatoms. The van der Waals surface area contributed by atoms with E-state index in [1.165, 1.54) is 14.2 Å². The summed E-state index contributed by atoms with van der Waals surface area (Å²) in [4.78, 5) is 31.1. The first-order valence-corrected chi connectivity index (χ1v) is 10.4. The van der Waals surface area contributed by atoms with Gasteiger partial charge in [-0.2, -0.15) is 0 Å². The summed E-state index contributed by atoms with van der Waals surface area (Å²) in [6.07, 6.45) is 3.37. The van der Waals surface area contributed by atoms with Gasteiger partial charge in [-0.15, -0.1) is 0 Å². The van der Waals surface area contributed by atoms with E-state index in [2.05, 4.69) is 10.3 Å². The number of amides is 1. The molecule has 0 saturated heterocycles. The molecule has 0 saturated carbocycles. The van der Waals surface area contributed by atoms with Crippen LogP contribution in [-0.4, -0.2) is 51.0 Å². The number of carbonyl (C=O) groups is 2. The molecule has 0 aliphatic carbocycles. The average Bonchev–Trinajstić information content (AvgIpc) is 2.81. The zero-order valence-corrected chi connectivity index (χ0v) is 19.0. The molecular formula is C23H29N3O6. The lowest BCUT2D eigenvalue weighted by molar-refractivity contribution is -0.143. The molecule has 1 amide bonds. The molecule has 1 aromatic carbocycles.